The van der Waals surface area contributed by atoms with E-state index in [4.69, 9.17) is 0 Å². The molecule has 8 atom stereocenters. The molecular weight excluding hydrogens is 324 g/mol. The molecule has 0 heterocycles. The summed E-state index contributed by atoms with van der Waals surface area (Å²) in [6.07, 6.45) is 20.6. The lowest BCUT2D eigenvalue weighted by Gasteiger charge is -2.60. The predicted octanol–water partition coefficient (Wildman–Crippen LogP) is 8.31. The summed E-state index contributed by atoms with van der Waals surface area (Å²) in [4.78, 5) is 0. The first-order valence-electron chi connectivity index (χ1n) is 12.7. The van der Waals surface area contributed by atoms with Gasteiger partial charge in [0, 0.05) is 0 Å². The summed E-state index contributed by atoms with van der Waals surface area (Å²) in [5.41, 5.74) is 1.35. The first-order valence-corrected chi connectivity index (χ1v) is 12.7. The number of fused-ring (bicyclic) bond motifs is 5. The van der Waals surface area contributed by atoms with Gasteiger partial charge in [-0.2, -0.15) is 0 Å². The van der Waals surface area contributed by atoms with Crippen molar-refractivity contribution < 1.29 is 0 Å². The van der Waals surface area contributed by atoms with Crippen molar-refractivity contribution in [3.05, 3.63) is 6.42 Å². The van der Waals surface area contributed by atoms with Crippen LogP contribution >= 0.6 is 0 Å². The Kier molecular flexibility index (Phi) is 5.77. The van der Waals surface area contributed by atoms with Crippen LogP contribution in [-0.2, 0) is 0 Å². The van der Waals surface area contributed by atoms with E-state index in [9.17, 15) is 0 Å². The van der Waals surface area contributed by atoms with Crippen LogP contribution in [0.25, 0.3) is 0 Å². The van der Waals surface area contributed by atoms with Gasteiger partial charge >= 0.3 is 0 Å². The van der Waals surface area contributed by atoms with Crippen molar-refractivity contribution in [2.75, 3.05) is 0 Å². The third-order valence-electron chi connectivity index (χ3n) is 10.6. The fourth-order valence-corrected chi connectivity index (χ4v) is 9.07. The van der Waals surface area contributed by atoms with Gasteiger partial charge in [0.25, 0.3) is 0 Å². The summed E-state index contributed by atoms with van der Waals surface area (Å²) in [5, 5.41) is 0. The molecule has 4 fully saturated rings. The maximum absolute atomic E-state index is 2.74. The number of hydrogen-bond donors (Lipinski definition) is 0. The fourth-order valence-electron chi connectivity index (χ4n) is 9.07. The van der Waals surface area contributed by atoms with Gasteiger partial charge in [-0.3, -0.25) is 0 Å². The molecule has 0 nitrogen and oxygen atoms in total. The molecule has 0 spiro atoms. The molecule has 4 aliphatic rings. The van der Waals surface area contributed by atoms with Crippen LogP contribution in [0.4, 0.5) is 0 Å². The third-order valence-corrected chi connectivity index (χ3v) is 10.6. The number of hydrogen-bond acceptors (Lipinski definition) is 0. The molecular formula is C27H47. The smallest absolute Gasteiger partial charge is 0.0264 e. The van der Waals surface area contributed by atoms with Crippen molar-refractivity contribution in [3.8, 4) is 0 Å². The molecule has 0 aliphatic heterocycles. The zero-order valence-corrected chi connectivity index (χ0v) is 19.1. The van der Waals surface area contributed by atoms with Gasteiger partial charge in [-0.25, -0.2) is 0 Å². The van der Waals surface area contributed by atoms with Gasteiger partial charge in [0.1, 0.15) is 0 Å². The average molecular weight is 372 g/mol. The lowest BCUT2D eigenvalue weighted by atomic mass is 9.44. The maximum Gasteiger partial charge on any atom is -0.0264 e. The van der Waals surface area contributed by atoms with Crippen molar-refractivity contribution in [2.24, 2.45) is 52.3 Å². The standard InChI is InChI=1S/C27H47/c1-19(2)9-8-10-20(3)23-14-15-24-22-13-12-21-11-6-7-17-26(21,4)25(22)16-18-27(23,24)5/h6,19-25H,7-18H2,1-5H3/t20-,21?,22?,23?,24?,25?,26?,27?/m1/s1. The molecule has 1 radical (unpaired) electrons. The Labute approximate surface area is 170 Å². The van der Waals surface area contributed by atoms with E-state index >= 15 is 0 Å². The summed E-state index contributed by atoms with van der Waals surface area (Å²) >= 11 is 0. The first-order chi connectivity index (χ1) is 12.9. The van der Waals surface area contributed by atoms with Gasteiger partial charge in [0.05, 0.1) is 0 Å². The Bertz CT molecular complexity index is 506. The second-order valence-corrected chi connectivity index (χ2v) is 12.3. The van der Waals surface area contributed by atoms with Crippen molar-refractivity contribution in [1.82, 2.24) is 0 Å². The van der Waals surface area contributed by atoms with Crippen LogP contribution in [0, 0.1) is 58.7 Å². The molecule has 0 aromatic rings. The highest BCUT2D eigenvalue weighted by Crippen LogP contribution is 2.68. The zero-order chi connectivity index (χ0) is 19.2. The lowest BCUT2D eigenvalue weighted by Crippen LogP contribution is -2.53. The average Bonchev–Trinajstić information content (AvgIpc) is 2.98. The Morgan fingerprint density at radius 1 is 0.852 bits per heavy atom. The topological polar surface area (TPSA) is 0 Å². The second-order valence-electron chi connectivity index (χ2n) is 12.3. The quantitative estimate of drug-likeness (QED) is 0.456. The van der Waals surface area contributed by atoms with E-state index in [1.165, 1.54) is 44.9 Å². The van der Waals surface area contributed by atoms with Crippen molar-refractivity contribution in [1.29, 1.82) is 0 Å². The van der Waals surface area contributed by atoms with E-state index in [0.717, 1.165) is 41.4 Å². The van der Waals surface area contributed by atoms with Gasteiger partial charge in [0.15, 0.2) is 0 Å². The minimum Gasteiger partial charge on any atom is -0.0628 e. The van der Waals surface area contributed by atoms with E-state index < -0.39 is 0 Å². The zero-order valence-electron chi connectivity index (χ0n) is 19.1. The molecule has 0 heteroatoms. The lowest BCUT2D eigenvalue weighted by molar-refractivity contribution is -0.109. The SMILES string of the molecule is CC(C)CCC[C@@H](C)C1CCC2C3CCC4C[CH]CCC4(C)C3CCC21C. The van der Waals surface area contributed by atoms with Crippen LogP contribution in [0.5, 0.6) is 0 Å². The van der Waals surface area contributed by atoms with Crippen LogP contribution in [-0.4, -0.2) is 0 Å². The normalized spacial score (nSPS) is 48.0. The van der Waals surface area contributed by atoms with Crippen molar-refractivity contribution in [2.45, 2.75) is 112 Å². The molecule has 4 rings (SSSR count). The fraction of sp³-hybridized carbons (Fsp3) is 0.963. The molecule has 4 aliphatic carbocycles. The molecule has 0 N–H and O–H groups in total. The second kappa shape index (κ2) is 7.68. The monoisotopic (exact) mass is 371 g/mol. The summed E-state index contributed by atoms with van der Waals surface area (Å²) < 4.78 is 0. The molecule has 0 aromatic heterocycles. The molecule has 27 heavy (non-hydrogen) atoms. The highest BCUT2D eigenvalue weighted by molar-refractivity contribution is 5.10. The highest BCUT2D eigenvalue weighted by Gasteiger charge is 2.59. The van der Waals surface area contributed by atoms with Crippen molar-refractivity contribution in [3.63, 3.8) is 0 Å². The Balaban J connectivity index is 1.46. The Hall–Kier alpha value is 0. The van der Waals surface area contributed by atoms with E-state index in [-0.39, 0.29) is 0 Å². The predicted molar refractivity (Wildman–Crippen MR) is 117 cm³/mol. The van der Waals surface area contributed by atoms with E-state index in [1.54, 1.807) is 32.1 Å². The van der Waals surface area contributed by atoms with Crippen LogP contribution in [0.2, 0.25) is 0 Å². The molecule has 0 aromatic carbocycles. The number of rotatable bonds is 5. The van der Waals surface area contributed by atoms with Crippen LogP contribution in [0.15, 0.2) is 0 Å². The van der Waals surface area contributed by atoms with Crippen LogP contribution in [0.3, 0.4) is 0 Å². The Morgan fingerprint density at radius 3 is 2.41 bits per heavy atom. The summed E-state index contributed by atoms with van der Waals surface area (Å²) in [6, 6.07) is 0. The van der Waals surface area contributed by atoms with Crippen LogP contribution in [0.1, 0.15) is 112 Å². The van der Waals surface area contributed by atoms with E-state index in [0.29, 0.717) is 10.8 Å². The summed E-state index contributed by atoms with van der Waals surface area (Å²) in [5.74, 6) is 7.03. The molecule has 4 saturated carbocycles. The van der Waals surface area contributed by atoms with Crippen LogP contribution < -0.4 is 0 Å². The van der Waals surface area contributed by atoms with Gasteiger partial charge < -0.3 is 0 Å². The largest absolute Gasteiger partial charge is 0.0628 e. The van der Waals surface area contributed by atoms with E-state index in [2.05, 4.69) is 41.0 Å². The van der Waals surface area contributed by atoms with Gasteiger partial charge in [-0.05, 0) is 116 Å². The molecule has 0 saturated heterocycles. The minimum absolute atomic E-state index is 0.669. The van der Waals surface area contributed by atoms with Gasteiger partial charge in [0.2, 0.25) is 0 Å². The summed E-state index contributed by atoms with van der Waals surface area (Å²) in [6.45, 7) is 12.8. The summed E-state index contributed by atoms with van der Waals surface area (Å²) in [7, 11) is 0. The van der Waals surface area contributed by atoms with Gasteiger partial charge in [-0.15, -0.1) is 0 Å². The Morgan fingerprint density at radius 2 is 1.63 bits per heavy atom. The third kappa shape index (κ3) is 3.44. The minimum atomic E-state index is 0.669. The molecule has 0 amide bonds. The molecule has 7 unspecified atom stereocenters. The molecule has 155 valence electrons. The van der Waals surface area contributed by atoms with Crippen molar-refractivity contribution >= 4 is 0 Å². The highest BCUT2D eigenvalue weighted by atomic mass is 14.6. The van der Waals surface area contributed by atoms with E-state index in [1.807, 2.05) is 0 Å². The molecule has 0 bridgehead atoms. The maximum atomic E-state index is 2.74. The van der Waals surface area contributed by atoms with Gasteiger partial charge in [-0.1, -0.05) is 53.9 Å². The first kappa shape index (κ1) is 20.3.